The van der Waals surface area contributed by atoms with Crippen LogP contribution in [0.4, 0.5) is 5.69 Å². The first-order chi connectivity index (χ1) is 17.2. The van der Waals surface area contributed by atoms with Crippen LogP contribution in [0.5, 0.6) is 17.2 Å². The fourth-order valence-electron chi connectivity index (χ4n) is 3.34. The van der Waals surface area contributed by atoms with Crippen molar-refractivity contribution in [1.29, 1.82) is 0 Å². The number of hydrazone groups is 1. The molecule has 3 aromatic rings. The first kappa shape index (κ1) is 26.6. The second-order valence-electron chi connectivity index (χ2n) is 7.82. The molecule has 0 unspecified atom stereocenters. The molecule has 36 heavy (non-hydrogen) atoms. The van der Waals surface area contributed by atoms with Gasteiger partial charge in [0.2, 0.25) is 0 Å². The predicted molar refractivity (Wildman–Crippen MR) is 139 cm³/mol. The SMILES string of the molecule is COc1ccc(/C(C)=N\NC(=O)CN(c2ccc(OC)c(OC)c2)S(=O)(=O)c2ccc(C)cc2)cc1. The van der Waals surface area contributed by atoms with Gasteiger partial charge in [0, 0.05) is 6.07 Å². The van der Waals surface area contributed by atoms with E-state index in [1.165, 1.54) is 32.4 Å². The second-order valence-corrected chi connectivity index (χ2v) is 9.69. The zero-order valence-corrected chi connectivity index (χ0v) is 21.6. The van der Waals surface area contributed by atoms with E-state index in [4.69, 9.17) is 14.2 Å². The van der Waals surface area contributed by atoms with Gasteiger partial charge >= 0.3 is 0 Å². The number of anilines is 1. The molecule has 0 saturated heterocycles. The molecule has 0 spiro atoms. The van der Waals surface area contributed by atoms with Crippen LogP contribution in [-0.2, 0) is 14.8 Å². The Hall–Kier alpha value is -4.05. The summed E-state index contributed by atoms with van der Waals surface area (Å²) in [5, 5.41) is 4.13. The van der Waals surface area contributed by atoms with Gasteiger partial charge in [0.25, 0.3) is 15.9 Å². The monoisotopic (exact) mass is 511 g/mol. The van der Waals surface area contributed by atoms with Gasteiger partial charge < -0.3 is 14.2 Å². The second kappa shape index (κ2) is 11.6. The molecule has 0 heterocycles. The van der Waals surface area contributed by atoms with E-state index in [0.29, 0.717) is 23.0 Å². The quantitative estimate of drug-likeness (QED) is 0.328. The van der Waals surface area contributed by atoms with Crippen LogP contribution in [0.15, 0.2) is 76.7 Å². The minimum Gasteiger partial charge on any atom is -0.497 e. The summed E-state index contributed by atoms with van der Waals surface area (Å²) in [5.41, 5.74) is 4.92. The lowest BCUT2D eigenvalue weighted by atomic mass is 10.1. The van der Waals surface area contributed by atoms with Gasteiger partial charge in [-0.2, -0.15) is 5.10 Å². The maximum Gasteiger partial charge on any atom is 0.264 e. The average Bonchev–Trinajstić information content (AvgIpc) is 2.90. The maximum atomic E-state index is 13.6. The smallest absolute Gasteiger partial charge is 0.264 e. The summed E-state index contributed by atoms with van der Waals surface area (Å²) < 4.78 is 43.9. The van der Waals surface area contributed by atoms with Crippen molar-refractivity contribution in [2.45, 2.75) is 18.7 Å². The van der Waals surface area contributed by atoms with Crippen LogP contribution in [0.1, 0.15) is 18.1 Å². The molecule has 0 bridgehead atoms. The zero-order chi connectivity index (χ0) is 26.3. The number of nitrogens with zero attached hydrogens (tertiary/aromatic N) is 2. The first-order valence-corrected chi connectivity index (χ1v) is 12.4. The van der Waals surface area contributed by atoms with Gasteiger partial charge in [-0.25, -0.2) is 13.8 Å². The molecular formula is C26H29N3O6S. The third kappa shape index (κ3) is 6.14. The van der Waals surface area contributed by atoms with Crippen molar-refractivity contribution in [1.82, 2.24) is 5.43 Å². The molecule has 0 radical (unpaired) electrons. The summed E-state index contributed by atoms with van der Waals surface area (Å²) in [4.78, 5) is 12.9. The fraction of sp³-hybridized carbons (Fsp3) is 0.231. The highest BCUT2D eigenvalue weighted by Gasteiger charge is 2.28. The van der Waals surface area contributed by atoms with Crippen LogP contribution < -0.4 is 23.9 Å². The van der Waals surface area contributed by atoms with Crippen molar-refractivity contribution in [3.63, 3.8) is 0 Å². The number of rotatable bonds is 10. The number of ether oxygens (including phenoxy) is 3. The van der Waals surface area contributed by atoms with Crippen molar-refractivity contribution in [3.05, 3.63) is 77.9 Å². The van der Waals surface area contributed by atoms with Crippen LogP contribution in [0.2, 0.25) is 0 Å². The Labute approximate surface area is 211 Å². The normalized spacial score (nSPS) is 11.5. The van der Waals surface area contributed by atoms with Gasteiger partial charge in [0.1, 0.15) is 12.3 Å². The molecule has 0 saturated carbocycles. The number of hydrogen-bond donors (Lipinski definition) is 1. The molecule has 1 amide bonds. The summed E-state index contributed by atoms with van der Waals surface area (Å²) in [6, 6.07) is 18.2. The van der Waals surface area contributed by atoms with Crippen LogP contribution >= 0.6 is 0 Å². The molecule has 0 atom stereocenters. The lowest BCUT2D eigenvalue weighted by Gasteiger charge is -2.24. The van der Waals surface area contributed by atoms with E-state index in [9.17, 15) is 13.2 Å². The summed E-state index contributed by atoms with van der Waals surface area (Å²) >= 11 is 0. The number of benzene rings is 3. The lowest BCUT2D eigenvalue weighted by molar-refractivity contribution is -0.119. The van der Waals surface area contributed by atoms with Gasteiger partial charge in [0.05, 0.1) is 37.6 Å². The van der Waals surface area contributed by atoms with Crippen LogP contribution in [-0.4, -0.2) is 47.9 Å². The Morgan fingerprint density at radius 2 is 1.53 bits per heavy atom. The molecule has 0 fully saturated rings. The van der Waals surface area contributed by atoms with E-state index in [-0.39, 0.29) is 10.6 Å². The van der Waals surface area contributed by atoms with Crippen LogP contribution in [0.25, 0.3) is 0 Å². The number of methoxy groups -OCH3 is 3. The Kier molecular flexibility index (Phi) is 8.55. The predicted octanol–water partition coefficient (Wildman–Crippen LogP) is 3.76. The number of carbonyl (C=O) groups excluding carboxylic acids is 1. The van der Waals surface area contributed by atoms with E-state index in [0.717, 1.165) is 15.4 Å². The molecule has 10 heteroatoms. The Morgan fingerprint density at radius 1 is 0.889 bits per heavy atom. The number of hydrogen-bond acceptors (Lipinski definition) is 7. The number of aryl methyl sites for hydroxylation is 1. The Bertz CT molecular complexity index is 1340. The van der Waals surface area contributed by atoms with Crippen molar-refractivity contribution in [2.24, 2.45) is 5.10 Å². The topological polar surface area (TPSA) is 107 Å². The minimum absolute atomic E-state index is 0.0496. The summed E-state index contributed by atoms with van der Waals surface area (Å²) in [6.45, 7) is 3.08. The Balaban J connectivity index is 1.92. The molecule has 1 N–H and O–H groups in total. The van der Waals surface area contributed by atoms with E-state index in [1.807, 2.05) is 19.1 Å². The van der Waals surface area contributed by atoms with Gasteiger partial charge in [-0.15, -0.1) is 0 Å². The lowest BCUT2D eigenvalue weighted by Crippen LogP contribution is -2.39. The van der Waals surface area contributed by atoms with E-state index in [1.54, 1.807) is 50.4 Å². The highest BCUT2D eigenvalue weighted by molar-refractivity contribution is 7.92. The minimum atomic E-state index is -4.10. The molecule has 0 aliphatic heterocycles. The third-order valence-electron chi connectivity index (χ3n) is 5.41. The third-order valence-corrected chi connectivity index (χ3v) is 7.20. The van der Waals surface area contributed by atoms with Crippen molar-refractivity contribution in [2.75, 3.05) is 32.2 Å². The van der Waals surface area contributed by atoms with Crippen molar-refractivity contribution in [3.8, 4) is 17.2 Å². The zero-order valence-electron chi connectivity index (χ0n) is 20.8. The average molecular weight is 512 g/mol. The summed E-state index contributed by atoms with van der Waals surface area (Å²) in [5.74, 6) is 0.835. The number of amides is 1. The standard InChI is InChI=1S/C26H29N3O6S/c1-18-6-13-23(14-7-18)36(31,32)29(21-10-15-24(34-4)25(16-21)35-5)17-26(30)28-27-19(2)20-8-11-22(33-3)12-9-20/h6-16H,17H2,1-5H3,(H,28,30)/b27-19-. The van der Waals surface area contributed by atoms with Gasteiger partial charge in [-0.05, 0) is 67.9 Å². The molecule has 0 aliphatic rings. The number of carbonyl (C=O) groups is 1. The van der Waals surface area contributed by atoms with Crippen LogP contribution in [0.3, 0.4) is 0 Å². The molecule has 3 rings (SSSR count). The highest BCUT2D eigenvalue weighted by Crippen LogP contribution is 2.33. The number of sulfonamides is 1. The first-order valence-electron chi connectivity index (χ1n) is 11.0. The summed E-state index contributed by atoms with van der Waals surface area (Å²) in [6.07, 6.45) is 0. The maximum absolute atomic E-state index is 13.6. The van der Waals surface area contributed by atoms with Gasteiger partial charge in [-0.3, -0.25) is 9.10 Å². The Morgan fingerprint density at radius 3 is 2.11 bits per heavy atom. The molecule has 190 valence electrons. The van der Waals surface area contributed by atoms with Crippen molar-refractivity contribution >= 4 is 27.3 Å². The molecule has 3 aromatic carbocycles. The van der Waals surface area contributed by atoms with Gasteiger partial charge in [-0.1, -0.05) is 17.7 Å². The molecule has 0 aliphatic carbocycles. The molecular weight excluding hydrogens is 482 g/mol. The largest absolute Gasteiger partial charge is 0.497 e. The molecule has 0 aromatic heterocycles. The van der Waals surface area contributed by atoms with E-state index < -0.39 is 22.5 Å². The van der Waals surface area contributed by atoms with Gasteiger partial charge in [0.15, 0.2) is 11.5 Å². The molecule has 9 nitrogen and oxygen atoms in total. The summed E-state index contributed by atoms with van der Waals surface area (Å²) in [7, 11) is 0.409. The van der Waals surface area contributed by atoms with Crippen LogP contribution in [0, 0.1) is 6.92 Å². The fourth-order valence-corrected chi connectivity index (χ4v) is 4.75. The number of nitrogens with one attached hydrogen (secondary N) is 1. The van der Waals surface area contributed by atoms with Crippen molar-refractivity contribution < 1.29 is 27.4 Å². The van der Waals surface area contributed by atoms with E-state index in [2.05, 4.69) is 10.5 Å². The van der Waals surface area contributed by atoms with E-state index >= 15 is 0 Å². The highest BCUT2D eigenvalue weighted by atomic mass is 32.2.